The van der Waals surface area contributed by atoms with Crippen LogP contribution in [0.15, 0.2) is 18.2 Å². The average molecular weight is 279 g/mol. The van der Waals surface area contributed by atoms with Gasteiger partial charge in [0.05, 0.1) is 7.11 Å². The topological polar surface area (TPSA) is 21.3 Å². The van der Waals surface area contributed by atoms with Crippen molar-refractivity contribution in [2.45, 2.75) is 51.5 Å². The minimum absolute atomic E-state index is 0.0948. The lowest BCUT2D eigenvalue weighted by molar-refractivity contribution is 0.225. The third-order valence-electron chi connectivity index (χ3n) is 4.62. The first kappa shape index (κ1) is 15.3. The number of rotatable bonds is 4. The Hall–Kier alpha value is -1.09. The highest BCUT2D eigenvalue weighted by Gasteiger charge is 2.34. The van der Waals surface area contributed by atoms with Gasteiger partial charge in [0.25, 0.3) is 0 Å². The van der Waals surface area contributed by atoms with Gasteiger partial charge in [0.2, 0.25) is 0 Å². The van der Waals surface area contributed by atoms with Gasteiger partial charge in [-0.2, -0.15) is 0 Å². The lowest BCUT2D eigenvalue weighted by atomic mass is 9.77. The third-order valence-corrected chi connectivity index (χ3v) is 4.62. The monoisotopic (exact) mass is 279 g/mol. The van der Waals surface area contributed by atoms with E-state index in [4.69, 9.17) is 4.74 Å². The molecule has 0 saturated carbocycles. The minimum atomic E-state index is -0.266. The quantitative estimate of drug-likeness (QED) is 0.901. The van der Waals surface area contributed by atoms with Crippen LogP contribution < -0.4 is 10.1 Å². The molecule has 1 aliphatic rings. The molecule has 1 fully saturated rings. The van der Waals surface area contributed by atoms with E-state index in [0.29, 0.717) is 11.7 Å². The Morgan fingerprint density at radius 1 is 1.30 bits per heavy atom. The van der Waals surface area contributed by atoms with Crippen LogP contribution in [-0.4, -0.2) is 19.2 Å². The van der Waals surface area contributed by atoms with E-state index in [1.165, 1.54) is 26.4 Å². The summed E-state index contributed by atoms with van der Waals surface area (Å²) in [7, 11) is 1.50. The number of hydrogen-bond acceptors (Lipinski definition) is 2. The van der Waals surface area contributed by atoms with Crippen molar-refractivity contribution in [1.82, 2.24) is 5.32 Å². The van der Waals surface area contributed by atoms with Gasteiger partial charge < -0.3 is 10.1 Å². The predicted octanol–water partition coefficient (Wildman–Crippen LogP) is 3.94. The van der Waals surface area contributed by atoms with Crippen LogP contribution in [0.5, 0.6) is 5.75 Å². The maximum Gasteiger partial charge on any atom is 0.165 e. The van der Waals surface area contributed by atoms with E-state index in [-0.39, 0.29) is 11.4 Å². The molecule has 1 saturated heterocycles. The van der Waals surface area contributed by atoms with Gasteiger partial charge >= 0.3 is 0 Å². The maximum atomic E-state index is 13.9. The summed E-state index contributed by atoms with van der Waals surface area (Å²) < 4.78 is 18.9. The van der Waals surface area contributed by atoms with Crippen LogP contribution in [0.2, 0.25) is 0 Å². The van der Waals surface area contributed by atoms with E-state index in [1.807, 2.05) is 6.07 Å². The molecule has 0 bridgehead atoms. The Labute approximate surface area is 121 Å². The van der Waals surface area contributed by atoms with Crippen molar-refractivity contribution in [3.8, 4) is 5.75 Å². The summed E-state index contributed by atoms with van der Waals surface area (Å²) in [5, 5.41) is 3.74. The van der Waals surface area contributed by atoms with Gasteiger partial charge in [0.15, 0.2) is 11.6 Å². The van der Waals surface area contributed by atoms with Crippen LogP contribution in [0.1, 0.15) is 45.1 Å². The van der Waals surface area contributed by atoms with Gasteiger partial charge in [-0.15, -0.1) is 0 Å². The van der Waals surface area contributed by atoms with Crippen LogP contribution in [-0.2, 0) is 6.42 Å². The molecule has 1 aromatic carbocycles. The number of benzene rings is 1. The second kappa shape index (κ2) is 6.57. The fourth-order valence-corrected chi connectivity index (χ4v) is 3.20. The van der Waals surface area contributed by atoms with Crippen molar-refractivity contribution in [2.24, 2.45) is 5.92 Å². The van der Waals surface area contributed by atoms with E-state index in [2.05, 4.69) is 19.2 Å². The molecule has 1 atom stereocenters. The molecule has 0 amide bonds. The normalized spacial score (nSPS) is 23.6. The fourth-order valence-electron chi connectivity index (χ4n) is 3.20. The van der Waals surface area contributed by atoms with E-state index < -0.39 is 0 Å². The van der Waals surface area contributed by atoms with Gasteiger partial charge in [-0.1, -0.05) is 32.8 Å². The second-order valence-electron chi connectivity index (χ2n) is 6.19. The van der Waals surface area contributed by atoms with Crippen molar-refractivity contribution in [2.75, 3.05) is 13.7 Å². The number of nitrogens with one attached hydrogen (secondary N) is 1. The Morgan fingerprint density at radius 3 is 2.75 bits per heavy atom. The lowest BCUT2D eigenvalue weighted by Gasteiger charge is -2.38. The predicted molar refractivity (Wildman–Crippen MR) is 80.7 cm³/mol. The Morgan fingerprint density at radius 2 is 2.10 bits per heavy atom. The van der Waals surface area contributed by atoms with E-state index >= 15 is 0 Å². The van der Waals surface area contributed by atoms with Gasteiger partial charge in [0, 0.05) is 5.54 Å². The molecule has 0 aliphatic carbocycles. The smallest absolute Gasteiger partial charge is 0.165 e. The molecule has 1 heterocycles. The summed E-state index contributed by atoms with van der Waals surface area (Å²) >= 11 is 0. The first-order valence-corrected chi connectivity index (χ1v) is 7.65. The number of methoxy groups -OCH3 is 1. The van der Waals surface area contributed by atoms with E-state index in [9.17, 15) is 4.39 Å². The van der Waals surface area contributed by atoms with Gasteiger partial charge in [-0.3, -0.25) is 0 Å². The Balaban J connectivity index is 2.21. The van der Waals surface area contributed by atoms with Crippen LogP contribution in [0, 0.1) is 11.7 Å². The summed E-state index contributed by atoms with van der Waals surface area (Å²) in [4.78, 5) is 0. The Bertz CT molecular complexity index is 437. The standard InChI is InChI=1S/C17H26FNO/c1-13(2)17(9-5-4-6-10-19-17)12-14-7-8-16(20-3)15(18)11-14/h7-8,11,13,19H,4-6,9-10,12H2,1-3H3. The molecule has 0 aromatic heterocycles. The summed E-state index contributed by atoms with van der Waals surface area (Å²) in [6.45, 7) is 5.59. The zero-order valence-corrected chi connectivity index (χ0v) is 12.8. The zero-order valence-electron chi connectivity index (χ0n) is 12.8. The molecule has 0 spiro atoms. The largest absolute Gasteiger partial charge is 0.494 e. The van der Waals surface area contributed by atoms with Crippen molar-refractivity contribution in [3.05, 3.63) is 29.6 Å². The summed E-state index contributed by atoms with van der Waals surface area (Å²) in [5.41, 5.74) is 1.14. The summed E-state index contributed by atoms with van der Waals surface area (Å²) in [5.74, 6) is 0.587. The molecule has 2 nitrogen and oxygen atoms in total. The van der Waals surface area contributed by atoms with Crippen molar-refractivity contribution in [1.29, 1.82) is 0 Å². The Kier molecular flexibility index (Phi) is 5.03. The fraction of sp³-hybridized carbons (Fsp3) is 0.647. The SMILES string of the molecule is COc1ccc(CC2(C(C)C)CCCCCN2)cc1F. The number of halogens is 1. The molecule has 20 heavy (non-hydrogen) atoms. The van der Waals surface area contributed by atoms with Crippen LogP contribution in [0.25, 0.3) is 0 Å². The van der Waals surface area contributed by atoms with Crippen LogP contribution >= 0.6 is 0 Å². The first-order chi connectivity index (χ1) is 9.57. The minimum Gasteiger partial charge on any atom is -0.494 e. The van der Waals surface area contributed by atoms with Crippen LogP contribution in [0.3, 0.4) is 0 Å². The molecule has 112 valence electrons. The average Bonchev–Trinajstić information content (AvgIpc) is 2.65. The maximum absolute atomic E-state index is 13.9. The van der Waals surface area contributed by atoms with Crippen molar-refractivity contribution < 1.29 is 9.13 Å². The molecule has 1 unspecified atom stereocenters. The number of hydrogen-bond donors (Lipinski definition) is 1. The van der Waals surface area contributed by atoms with Crippen molar-refractivity contribution in [3.63, 3.8) is 0 Å². The second-order valence-corrected chi connectivity index (χ2v) is 6.19. The van der Waals surface area contributed by atoms with Crippen molar-refractivity contribution >= 4 is 0 Å². The highest BCUT2D eigenvalue weighted by molar-refractivity contribution is 5.30. The summed E-state index contributed by atoms with van der Waals surface area (Å²) in [6.07, 6.45) is 5.83. The van der Waals surface area contributed by atoms with E-state index in [1.54, 1.807) is 12.1 Å². The summed E-state index contributed by atoms with van der Waals surface area (Å²) in [6, 6.07) is 5.34. The molecular weight excluding hydrogens is 253 g/mol. The molecule has 0 radical (unpaired) electrons. The highest BCUT2D eigenvalue weighted by atomic mass is 19.1. The lowest BCUT2D eigenvalue weighted by Crippen LogP contribution is -2.51. The number of ether oxygens (including phenoxy) is 1. The molecular formula is C17H26FNO. The molecule has 1 aliphatic heterocycles. The van der Waals surface area contributed by atoms with Gasteiger partial charge in [0.1, 0.15) is 0 Å². The van der Waals surface area contributed by atoms with Gasteiger partial charge in [-0.25, -0.2) is 4.39 Å². The molecule has 2 rings (SSSR count). The van der Waals surface area contributed by atoms with Crippen LogP contribution in [0.4, 0.5) is 4.39 Å². The first-order valence-electron chi connectivity index (χ1n) is 7.65. The zero-order chi connectivity index (χ0) is 14.6. The van der Waals surface area contributed by atoms with E-state index in [0.717, 1.165) is 24.9 Å². The third kappa shape index (κ3) is 3.32. The molecule has 1 aromatic rings. The molecule has 3 heteroatoms. The van der Waals surface area contributed by atoms with Gasteiger partial charge in [-0.05, 0) is 49.4 Å². The highest BCUT2D eigenvalue weighted by Crippen LogP contribution is 2.31. The molecule has 1 N–H and O–H groups in total.